The third-order valence-corrected chi connectivity index (χ3v) is 1.34. The SMILES string of the molecule is [CH2-]C/C=C1/C=CCC1.[CH3-].[CH3-].[Rh+3]. The van der Waals surface area contributed by atoms with E-state index in [-0.39, 0.29) is 34.3 Å². The fourth-order valence-corrected chi connectivity index (χ4v) is 0.924. The molecular weight excluding hydrogens is 223 g/mol. The van der Waals surface area contributed by atoms with Crippen molar-refractivity contribution >= 4 is 0 Å². The quantitative estimate of drug-likeness (QED) is 0.487. The van der Waals surface area contributed by atoms with Crippen molar-refractivity contribution in [2.45, 2.75) is 19.3 Å². The molecule has 0 fully saturated rings. The molecule has 1 aliphatic rings. The molecule has 0 atom stereocenters. The maximum absolute atomic E-state index is 3.74. The van der Waals surface area contributed by atoms with Crippen LogP contribution >= 0.6 is 0 Å². The van der Waals surface area contributed by atoms with Gasteiger partial charge < -0.3 is 21.8 Å². The molecule has 0 aromatic rings. The molecule has 1 aliphatic carbocycles. The molecule has 66 valence electrons. The second-order valence-electron chi connectivity index (χ2n) is 2.01. The van der Waals surface area contributed by atoms with E-state index >= 15 is 0 Å². The Kier molecular flexibility index (Phi) is 15.9. The van der Waals surface area contributed by atoms with Crippen molar-refractivity contribution in [1.82, 2.24) is 0 Å². The first-order valence-electron chi connectivity index (χ1n) is 3.08. The van der Waals surface area contributed by atoms with Gasteiger partial charge in [-0.05, 0) is 12.8 Å². The molecule has 0 aromatic heterocycles. The van der Waals surface area contributed by atoms with Crippen LogP contribution in [0.2, 0.25) is 0 Å². The van der Waals surface area contributed by atoms with E-state index in [4.69, 9.17) is 0 Å². The van der Waals surface area contributed by atoms with Gasteiger partial charge in [0.05, 0.1) is 0 Å². The van der Waals surface area contributed by atoms with Crippen molar-refractivity contribution in [2.24, 2.45) is 0 Å². The molecule has 0 aromatic carbocycles. The molecule has 0 saturated heterocycles. The van der Waals surface area contributed by atoms with E-state index in [1.807, 2.05) is 0 Å². The van der Waals surface area contributed by atoms with Crippen LogP contribution in [0.4, 0.5) is 0 Å². The summed E-state index contributed by atoms with van der Waals surface area (Å²) in [5.41, 5.74) is 1.46. The summed E-state index contributed by atoms with van der Waals surface area (Å²) in [5.74, 6) is 0. The molecular formula is C10H17Rh. The molecule has 0 N–H and O–H groups in total. The van der Waals surface area contributed by atoms with E-state index in [2.05, 4.69) is 25.2 Å². The summed E-state index contributed by atoms with van der Waals surface area (Å²) in [7, 11) is 0. The summed E-state index contributed by atoms with van der Waals surface area (Å²) in [5, 5.41) is 0. The van der Waals surface area contributed by atoms with Crippen LogP contribution in [0.15, 0.2) is 23.8 Å². The van der Waals surface area contributed by atoms with Crippen LogP contribution in [0, 0.1) is 21.8 Å². The first-order chi connectivity index (χ1) is 3.93. The maximum Gasteiger partial charge on any atom is 3.00 e. The summed E-state index contributed by atoms with van der Waals surface area (Å²) in [6, 6.07) is 0. The minimum atomic E-state index is 0. The molecule has 0 nitrogen and oxygen atoms in total. The summed E-state index contributed by atoms with van der Waals surface area (Å²) in [4.78, 5) is 0. The van der Waals surface area contributed by atoms with E-state index < -0.39 is 0 Å². The monoisotopic (exact) mass is 240 g/mol. The molecule has 0 unspecified atom stereocenters. The number of hydrogen-bond donors (Lipinski definition) is 0. The van der Waals surface area contributed by atoms with Gasteiger partial charge in [-0.15, -0.1) is 6.08 Å². The van der Waals surface area contributed by atoms with Gasteiger partial charge in [0.25, 0.3) is 0 Å². The molecule has 0 bridgehead atoms. The topological polar surface area (TPSA) is 0 Å². The Morgan fingerprint density at radius 2 is 2.09 bits per heavy atom. The van der Waals surface area contributed by atoms with Gasteiger partial charge in [0.15, 0.2) is 0 Å². The summed E-state index contributed by atoms with van der Waals surface area (Å²) in [6.07, 6.45) is 9.97. The Balaban J connectivity index is -0.000000213. The first-order valence-corrected chi connectivity index (χ1v) is 3.08. The zero-order valence-corrected chi connectivity index (χ0v) is 9.03. The number of rotatable bonds is 1. The van der Waals surface area contributed by atoms with Crippen molar-refractivity contribution in [3.63, 3.8) is 0 Å². The Hall–Kier alpha value is 0.103. The van der Waals surface area contributed by atoms with E-state index in [0.717, 1.165) is 6.42 Å². The van der Waals surface area contributed by atoms with Gasteiger partial charge in [-0.25, -0.2) is 0 Å². The molecule has 0 aliphatic heterocycles. The van der Waals surface area contributed by atoms with Gasteiger partial charge in [0.1, 0.15) is 0 Å². The summed E-state index contributed by atoms with van der Waals surface area (Å²) < 4.78 is 0. The van der Waals surface area contributed by atoms with Crippen LogP contribution in [0.5, 0.6) is 0 Å². The predicted molar refractivity (Wildman–Crippen MR) is 49.3 cm³/mol. The second kappa shape index (κ2) is 10.1. The largest absolute Gasteiger partial charge is 3.00 e. The normalized spacial score (nSPS) is 16.6. The molecule has 0 amide bonds. The molecule has 0 spiro atoms. The molecule has 0 heterocycles. The molecule has 0 radical (unpaired) electrons. The number of allylic oxidation sites excluding steroid dienone is 4. The zero-order valence-electron chi connectivity index (χ0n) is 7.39. The third-order valence-electron chi connectivity index (χ3n) is 1.34. The van der Waals surface area contributed by atoms with Crippen molar-refractivity contribution < 1.29 is 19.5 Å². The molecule has 11 heavy (non-hydrogen) atoms. The standard InChI is InChI=1S/C8H11.2CH3.Rh/c1-2-5-8-6-3-4-7-8;;;/h3,5-6H,1-2,4,7H2;2*1H3;/q3*-1;+3/b8-5-;;;. The van der Waals surface area contributed by atoms with Crippen LogP contribution in [0.3, 0.4) is 0 Å². The van der Waals surface area contributed by atoms with Gasteiger partial charge in [-0.2, -0.15) is 6.42 Å². The van der Waals surface area contributed by atoms with Gasteiger partial charge in [0.2, 0.25) is 0 Å². The van der Waals surface area contributed by atoms with E-state index in [1.54, 1.807) is 0 Å². The maximum atomic E-state index is 3.74. The van der Waals surface area contributed by atoms with Gasteiger partial charge >= 0.3 is 19.5 Å². The Morgan fingerprint density at radius 1 is 1.45 bits per heavy atom. The average Bonchev–Trinajstić information content (AvgIpc) is 2.19. The Bertz CT molecular complexity index is 123. The summed E-state index contributed by atoms with van der Waals surface area (Å²) in [6.45, 7) is 3.74. The molecule has 1 heteroatoms. The second-order valence-corrected chi connectivity index (χ2v) is 2.01. The molecule has 0 saturated carbocycles. The van der Waals surface area contributed by atoms with Crippen molar-refractivity contribution in [1.29, 1.82) is 0 Å². The minimum absolute atomic E-state index is 0. The van der Waals surface area contributed by atoms with Crippen LogP contribution in [0.1, 0.15) is 19.3 Å². The fraction of sp³-hybridized carbons (Fsp3) is 0.300. The fourth-order valence-electron chi connectivity index (χ4n) is 0.924. The van der Waals surface area contributed by atoms with Gasteiger partial charge in [-0.3, -0.25) is 0 Å². The minimum Gasteiger partial charge on any atom is -0.358 e. The van der Waals surface area contributed by atoms with Crippen LogP contribution in [0.25, 0.3) is 0 Å². The predicted octanol–water partition coefficient (Wildman–Crippen LogP) is 3.39. The van der Waals surface area contributed by atoms with E-state index in [1.165, 1.54) is 18.4 Å². The Morgan fingerprint density at radius 3 is 2.45 bits per heavy atom. The Labute approximate surface area is 84.5 Å². The zero-order chi connectivity index (χ0) is 5.82. The van der Waals surface area contributed by atoms with E-state index in [0.29, 0.717) is 0 Å². The first kappa shape index (κ1) is 17.3. The van der Waals surface area contributed by atoms with Crippen molar-refractivity contribution in [3.8, 4) is 0 Å². The van der Waals surface area contributed by atoms with Crippen LogP contribution in [-0.2, 0) is 19.5 Å². The van der Waals surface area contributed by atoms with E-state index in [9.17, 15) is 0 Å². The number of hydrogen-bond acceptors (Lipinski definition) is 0. The van der Waals surface area contributed by atoms with Gasteiger partial charge in [0, 0.05) is 0 Å². The average molecular weight is 240 g/mol. The van der Waals surface area contributed by atoms with Crippen molar-refractivity contribution in [3.05, 3.63) is 45.6 Å². The van der Waals surface area contributed by atoms with Gasteiger partial charge in [-0.1, -0.05) is 17.7 Å². The smallest absolute Gasteiger partial charge is 0.358 e. The summed E-state index contributed by atoms with van der Waals surface area (Å²) >= 11 is 0. The molecule has 1 rings (SSSR count). The third kappa shape index (κ3) is 6.50. The van der Waals surface area contributed by atoms with Crippen molar-refractivity contribution in [2.75, 3.05) is 0 Å². The van der Waals surface area contributed by atoms with Crippen LogP contribution < -0.4 is 0 Å². The van der Waals surface area contributed by atoms with Crippen LogP contribution in [-0.4, -0.2) is 0 Å².